The first-order valence-corrected chi connectivity index (χ1v) is 22.4. The smallest absolute Gasteiger partial charge is 0.332 e. The highest BCUT2D eigenvalue weighted by molar-refractivity contribution is 9.10. The lowest BCUT2D eigenvalue weighted by Gasteiger charge is -2.13. The third kappa shape index (κ3) is 11.2. The van der Waals surface area contributed by atoms with Crippen LogP contribution in [0.5, 0.6) is 5.75 Å². The zero-order valence-corrected chi connectivity index (χ0v) is 32.2. The van der Waals surface area contributed by atoms with E-state index < -0.39 is 65.5 Å². The molecule has 0 aliphatic heterocycles. The molecular formula is C28H41BrO14S4. The predicted octanol–water partition coefficient (Wildman–Crippen LogP) is 1.97. The van der Waals surface area contributed by atoms with E-state index in [4.69, 9.17) is 9.84 Å². The first-order chi connectivity index (χ1) is 20.9. The van der Waals surface area contributed by atoms with Crippen molar-refractivity contribution in [3.63, 3.8) is 0 Å². The molecule has 0 bridgehead atoms. The van der Waals surface area contributed by atoms with E-state index >= 15 is 0 Å². The van der Waals surface area contributed by atoms with Crippen LogP contribution >= 0.6 is 15.9 Å². The second-order valence-electron chi connectivity index (χ2n) is 12.2. The molecule has 0 saturated heterocycles. The minimum Gasteiger partial charge on any atom is -0.480 e. The number of ketones is 2. The van der Waals surface area contributed by atoms with E-state index in [9.17, 15) is 52.8 Å². The summed E-state index contributed by atoms with van der Waals surface area (Å²) in [4.78, 5) is 43.3. The Balaban J connectivity index is 0.000000337. The Labute approximate surface area is 284 Å². The van der Waals surface area contributed by atoms with Gasteiger partial charge in [0.1, 0.15) is 22.0 Å². The molecule has 3 aliphatic carbocycles. The number of halogens is 1. The SMILES string of the molecule is CC(=O)C1(S(C)(=O)=O)CC1.CC(=O)CS(C)(=O)=O.CS(=O)(=O)C1(C(=O)O)CC1.Cc1cc(OC(=O)C2(S(C)(=O)=O)CC2)cc(C)c1Br. The van der Waals surface area contributed by atoms with Crippen LogP contribution in [0.15, 0.2) is 16.6 Å². The van der Waals surface area contributed by atoms with Gasteiger partial charge >= 0.3 is 11.9 Å². The number of hydrogen-bond acceptors (Lipinski definition) is 13. The van der Waals surface area contributed by atoms with Crippen LogP contribution in [0.25, 0.3) is 0 Å². The molecule has 0 amide bonds. The largest absolute Gasteiger partial charge is 0.480 e. The Bertz CT molecular complexity index is 1780. The van der Waals surface area contributed by atoms with Crippen molar-refractivity contribution in [2.75, 3.05) is 30.8 Å². The fourth-order valence-electron chi connectivity index (χ4n) is 4.33. The highest BCUT2D eigenvalue weighted by Gasteiger charge is 2.61. The van der Waals surface area contributed by atoms with Crippen LogP contribution in [-0.2, 0) is 58.5 Å². The highest BCUT2D eigenvalue weighted by atomic mass is 79.9. The number of sulfone groups is 4. The number of esters is 1. The molecule has 3 saturated carbocycles. The summed E-state index contributed by atoms with van der Waals surface area (Å²) in [6, 6.07) is 3.43. The molecule has 0 radical (unpaired) electrons. The van der Waals surface area contributed by atoms with Crippen molar-refractivity contribution in [3.8, 4) is 5.75 Å². The molecule has 0 heterocycles. The number of carboxylic acids is 1. The lowest BCUT2D eigenvalue weighted by Crippen LogP contribution is -2.35. The Morgan fingerprint density at radius 3 is 1.19 bits per heavy atom. The summed E-state index contributed by atoms with van der Waals surface area (Å²) < 4.78 is 89.6. The molecule has 4 rings (SSSR count). The topological polar surface area (TPSA) is 234 Å². The van der Waals surface area contributed by atoms with Crippen LogP contribution < -0.4 is 4.74 Å². The average Bonchev–Trinajstić information content (AvgIpc) is 3.72. The molecule has 0 spiro atoms. The van der Waals surface area contributed by atoms with E-state index in [1.54, 1.807) is 12.1 Å². The number of aryl methyl sites for hydroxylation is 2. The van der Waals surface area contributed by atoms with Crippen molar-refractivity contribution in [3.05, 3.63) is 27.7 Å². The van der Waals surface area contributed by atoms with Crippen LogP contribution in [0.4, 0.5) is 0 Å². The minimum absolute atomic E-state index is 0.213. The predicted molar refractivity (Wildman–Crippen MR) is 178 cm³/mol. The molecule has 1 N–H and O–H groups in total. The summed E-state index contributed by atoms with van der Waals surface area (Å²) in [6.45, 7) is 6.37. The standard InChI is InChI=1S/C13H15BrO4S.C6H10O3S.C5H8O4S.C4H8O3S/c1-8-6-10(7-9(2)11(8)14)18-12(15)13(4-5-13)19(3,16)17;1-5(7)6(3-4-6)10(2,8)9;1-10(8,9)5(2-3-5)4(6)7;1-4(5)3-8(2,6)7/h6-7H,4-5H2,1-3H3;3-4H2,1-2H3;2-3H2,1H3,(H,6,7);3H2,1-2H3. The molecule has 19 heteroatoms. The molecule has 0 aromatic heterocycles. The summed E-state index contributed by atoms with van der Waals surface area (Å²) in [5.74, 6) is -2.36. The van der Waals surface area contributed by atoms with Gasteiger partial charge in [0, 0.05) is 29.5 Å². The number of hydrogen-bond donors (Lipinski definition) is 1. The van der Waals surface area contributed by atoms with Crippen LogP contribution in [0, 0.1) is 13.8 Å². The number of Topliss-reactive ketones (excluding diaryl/α,β-unsaturated/α-hetero) is 2. The number of carbonyl (C=O) groups is 4. The van der Waals surface area contributed by atoms with E-state index in [1.165, 1.54) is 13.8 Å². The first-order valence-electron chi connectivity index (χ1n) is 13.9. The van der Waals surface area contributed by atoms with Crippen molar-refractivity contribution in [1.29, 1.82) is 0 Å². The van der Waals surface area contributed by atoms with E-state index in [2.05, 4.69) is 15.9 Å². The molecular weight excluding hydrogens is 768 g/mol. The zero-order valence-electron chi connectivity index (χ0n) is 27.4. The van der Waals surface area contributed by atoms with Gasteiger partial charge in [0.15, 0.2) is 54.6 Å². The van der Waals surface area contributed by atoms with Gasteiger partial charge in [0.2, 0.25) is 0 Å². The van der Waals surface area contributed by atoms with Gasteiger partial charge in [-0.25, -0.2) is 38.5 Å². The van der Waals surface area contributed by atoms with Crippen molar-refractivity contribution < 1.29 is 62.7 Å². The van der Waals surface area contributed by atoms with Crippen LogP contribution in [-0.4, -0.2) is 107 Å². The van der Waals surface area contributed by atoms with E-state index in [-0.39, 0.29) is 30.2 Å². The maximum Gasteiger partial charge on any atom is 0.332 e. The Kier molecular flexibility index (Phi) is 13.4. The quantitative estimate of drug-likeness (QED) is 0.278. The highest BCUT2D eigenvalue weighted by Crippen LogP contribution is 2.45. The van der Waals surface area contributed by atoms with Gasteiger partial charge in [-0.15, -0.1) is 0 Å². The minimum atomic E-state index is -3.42. The van der Waals surface area contributed by atoms with Crippen LogP contribution in [0.3, 0.4) is 0 Å². The summed E-state index contributed by atoms with van der Waals surface area (Å²) in [6.07, 6.45) is 6.46. The summed E-state index contributed by atoms with van der Waals surface area (Å²) in [5.41, 5.74) is 1.87. The summed E-state index contributed by atoms with van der Waals surface area (Å²) in [7, 11) is -13.0. The molecule has 268 valence electrons. The molecule has 14 nitrogen and oxygen atoms in total. The second kappa shape index (κ2) is 14.7. The molecule has 0 atom stereocenters. The number of carbonyl (C=O) groups excluding carboxylic acids is 3. The molecule has 1 aromatic carbocycles. The number of rotatable bonds is 9. The van der Waals surface area contributed by atoms with Gasteiger partial charge in [-0.1, -0.05) is 15.9 Å². The third-order valence-electron chi connectivity index (χ3n) is 7.73. The lowest BCUT2D eigenvalue weighted by atomic mass is 10.1. The average molecular weight is 810 g/mol. The Hall–Kier alpha value is -2.22. The van der Waals surface area contributed by atoms with Gasteiger partial charge in [-0.3, -0.25) is 14.4 Å². The van der Waals surface area contributed by atoms with E-state index in [0.29, 0.717) is 31.4 Å². The van der Waals surface area contributed by atoms with E-state index in [1.807, 2.05) is 13.8 Å². The fourth-order valence-corrected chi connectivity index (χ4v) is 9.01. The van der Waals surface area contributed by atoms with Crippen molar-refractivity contribution in [2.24, 2.45) is 0 Å². The zero-order chi connectivity index (χ0) is 37.2. The first kappa shape index (κ1) is 42.8. The van der Waals surface area contributed by atoms with Crippen molar-refractivity contribution in [1.82, 2.24) is 0 Å². The molecule has 3 aliphatic rings. The molecule has 47 heavy (non-hydrogen) atoms. The normalized spacial score (nSPS) is 18.2. The number of aliphatic carboxylic acids is 1. The van der Waals surface area contributed by atoms with E-state index in [0.717, 1.165) is 40.6 Å². The van der Waals surface area contributed by atoms with Crippen molar-refractivity contribution >= 4 is 78.8 Å². The van der Waals surface area contributed by atoms with Crippen molar-refractivity contribution in [2.45, 2.75) is 80.5 Å². The number of ether oxygens (including phenoxy) is 1. The van der Waals surface area contributed by atoms with Crippen LogP contribution in [0.1, 0.15) is 63.5 Å². The maximum absolute atomic E-state index is 12.0. The summed E-state index contributed by atoms with van der Waals surface area (Å²) in [5, 5.41) is 8.46. The fraction of sp³-hybridized carbons (Fsp3) is 0.643. The Morgan fingerprint density at radius 1 is 0.702 bits per heavy atom. The monoisotopic (exact) mass is 808 g/mol. The van der Waals surface area contributed by atoms with Gasteiger partial charge in [0.05, 0.1) is 0 Å². The molecule has 3 fully saturated rings. The van der Waals surface area contributed by atoms with Crippen LogP contribution in [0.2, 0.25) is 0 Å². The summed E-state index contributed by atoms with van der Waals surface area (Å²) >= 11 is 3.43. The van der Waals surface area contributed by atoms with Gasteiger partial charge in [0.25, 0.3) is 0 Å². The lowest BCUT2D eigenvalue weighted by molar-refractivity contribution is -0.137. The number of carboxylic acid groups (broad SMARTS) is 1. The number of benzene rings is 1. The second-order valence-corrected chi connectivity index (χ2v) is 22.1. The van der Waals surface area contributed by atoms with Gasteiger partial charge < -0.3 is 9.84 Å². The van der Waals surface area contributed by atoms with Gasteiger partial charge in [-0.05, 0) is 89.5 Å². The third-order valence-corrected chi connectivity index (χ3v) is 16.0. The Morgan fingerprint density at radius 2 is 1.04 bits per heavy atom. The van der Waals surface area contributed by atoms with Gasteiger partial charge in [-0.2, -0.15) is 0 Å². The molecule has 0 unspecified atom stereocenters. The molecule has 1 aromatic rings. The maximum atomic E-state index is 12.0.